The highest BCUT2D eigenvalue weighted by atomic mass is 16.6. The van der Waals surface area contributed by atoms with E-state index < -0.39 is 0 Å². The molecular weight excluding hydrogens is 300 g/mol. The van der Waals surface area contributed by atoms with Crippen LogP contribution in [0, 0.1) is 17.3 Å². The molecule has 24 heavy (non-hydrogen) atoms. The lowest BCUT2D eigenvalue weighted by Gasteiger charge is -2.53. The lowest BCUT2D eigenvalue weighted by molar-refractivity contribution is -0.163. The van der Waals surface area contributed by atoms with E-state index in [-0.39, 0.29) is 17.0 Å². The Kier molecular flexibility index (Phi) is 2.94. The SMILES string of the molecule is C[C@]12CCC3c4ccc(O)cc4CCC3C1CC[C@@]21CCC(=O)O1. The number of aromatic hydroxyl groups is 1. The van der Waals surface area contributed by atoms with E-state index in [4.69, 9.17) is 4.74 Å². The van der Waals surface area contributed by atoms with Crippen molar-refractivity contribution in [3.05, 3.63) is 29.3 Å². The normalized spacial score (nSPS) is 43.2. The summed E-state index contributed by atoms with van der Waals surface area (Å²) in [5.74, 6) is 2.41. The number of aryl methyl sites for hydroxylation is 1. The summed E-state index contributed by atoms with van der Waals surface area (Å²) < 4.78 is 5.98. The van der Waals surface area contributed by atoms with Gasteiger partial charge in [-0.1, -0.05) is 13.0 Å². The summed E-state index contributed by atoms with van der Waals surface area (Å²) in [6, 6.07) is 5.97. The summed E-state index contributed by atoms with van der Waals surface area (Å²) in [5.41, 5.74) is 2.80. The second-order valence-corrected chi connectivity index (χ2v) is 8.76. The van der Waals surface area contributed by atoms with E-state index in [1.165, 1.54) is 30.4 Å². The van der Waals surface area contributed by atoms with Gasteiger partial charge in [-0.2, -0.15) is 0 Å². The summed E-state index contributed by atoms with van der Waals surface area (Å²) in [7, 11) is 0. The molecule has 1 heterocycles. The van der Waals surface area contributed by atoms with Gasteiger partial charge in [0, 0.05) is 11.8 Å². The summed E-state index contributed by atoms with van der Waals surface area (Å²) in [6.45, 7) is 2.41. The molecule has 1 N–H and O–H groups in total. The van der Waals surface area contributed by atoms with Crippen LogP contribution in [0.1, 0.15) is 68.9 Å². The van der Waals surface area contributed by atoms with Gasteiger partial charge in [-0.3, -0.25) is 4.79 Å². The fourth-order valence-electron chi connectivity index (χ4n) is 6.86. The molecule has 3 aliphatic carbocycles. The second-order valence-electron chi connectivity index (χ2n) is 8.76. The average Bonchev–Trinajstić information content (AvgIpc) is 3.08. The smallest absolute Gasteiger partial charge is 0.306 e. The molecule has 0 aromatic heterocycles. The Balaban J connectivity index is 1.51. The zero-order chi connectivity index (χ0) is 16.5. The number of carbonyl (C=O) groups excluding carboxylic acids is 1. The van der Waals surface area contributed by atoms with Crippen LogP contribution in [0.15, 0.2) is 18.2 Å². The third kappa shape index (κ3) is 1.76. The van der Waals surface area contributed by atoms with E-state index in [9.17, 15) is 9.90 Å². The predicted octanol–water partition coefficient (Wildman–Crippen LogP) is 4.32. The average molecular weight is 326 g/mol. The Bertz CT molecular complexity index is 711. The standard InChI is InChI=1S/C21H26O3/c1-20-9-6-16-15-5-3-14(22)12-13(15)2-4-17(16)18(20)7-10-21(20)11-8-19(23)24-21/h3,5,12,16-18,22H,2,4,6-11H2,1H3/t16?,17?,18?,20-,21+/m0/s1. The number of phenolic OH excluding ortho intramolecular Hbond substituents is 1. The van der Waals surface area contributed by atoms with E-state index >= 15 is 0 Å². The molecule has 5 rings (SSSR count). The van der Waals surface area contributed by atoms with Gasteiger partial charge in [0.25, 0.3) is 0 Å². The monoisotopic (exact) mass is 326 g/mol. The van der Waals surface area contributed by atoms with Crippen LogP contribution >= 0.6 is 0 Å². The Morgan fingerprint density at radius 2 is 2.00 bits per heavy atom. The van der Waals surface area contributed by atoms with Crippen LogP contribution in [0.25, 0.3) is 0 Å². The van der Waals surface area contributed by atoms with Crippen LogP contribution in [-0.4, -0.2) is 16.7 Å². The highest BCUT2D eigenvalue weighted by molar-refractivity contribution is 5.72. The summed E-state index contributed by atoms with van der Waals surface area (Å²) in [5, 5.41) is 9.79. The minimum Gasteiger partial charge on any atom is -0.508 e. The Morgan fingerprint density at radius 3 is 2.79 bits per heavy atom. The molecule has 0 bridgehead atoms. The third-order valence-corrected chi connectivity index (χ3v) is 8.04. The molecule has 1 spiro atoms. The lowest BCUT2D eigenvalue weighted by atomic mass is 9.53. The molecule has 128 valence electrons. The van der Waals surface area contributed by atoms with Gasteiger partial charge in [-0.05, 0) is 86.0 Å². The zero-order valence-electron chi connectivity index (χ0n) is 14.4. The van der Waals surface area contributed by atoms with Gasteiger partial charge in [-0.25, -0.2) is 0 Å². The van der Waals surface area contributed by atoms with E-state index in [0.717, 1.165) is 25.7 Å². The van der Waals surface area contributed by atoms with Crippen LogP contribution in [0.5, 0.6) is 5.75 Å². The molecular formula is C21H26O3. The van der Waals surface area contributed by atoms with Crippen LogP contribution in [0.2, 0.25) is 0 Å². The summed E-state index contributed by atoms with van der Waals surface area (Å²) >= 11 is 0. The summed E-state index contributed by atoms with van der Waals surface area (Å²) in [4.78, 5) is 11.9. The van der Waals surface area contributed by atoms with Gasteiger partial charge in [0.1, 0.15) is 11.4 Å². The van der Waals surface area contributed by atoms with Crippen LogP contribution in [-0.2, 0) is 16.0 Å². The first-order valence-corrected chi connectivity index (χ1v) is 9.56. The number of ether oxygens (including phenoxy) is 1. The number of fused-ring (bicyclic) bond motifs is 6. The number of benzene rings is 1. The van der Waals surface area contributed by atoms with Crippen molar-refractivity contribution < 1.29 is 14.6 Å². The fourth-order valence-corrected chi connectivity index (χ4v) is 6.86. The number of esters is 1. The van der Waals surface area contributed by atoms with Crippen molar-refractivity contribution in [2.45, 2.75) is 69.8 Å². The van der Waals surface area contributed by atoms with Crippen molar-refractivity contribution in [3.8, 4) is 5.75 Å². The Labute approximate surface area is 143 Å². The number of phenols is 1. The highest BCUT2D eigenvalue weighted by Crippen LogP contribution is 2.67. The quantitative estimate of drug-likeness (QED) is 0.722. The molecule has 2 saturated carbocycles. The minimum absolute atomic E-state index is 0.0171. The molecule has 4 aliphatic rings. The van der Waals surface area contributed by atoms with Crippen molar-refractivity contribution in [1.29, 1.82) is 0 Å². The van der Waals surface area contributed by atoms with Crippen LogP contribution < -0.4 is 0 Å². The molecule has 3 unspecified atom stereocenters. The fraction of sp³-hybridized carbons (Fsp3) is 0.667. The Hall–Kier alpha value is -1.51. The lowest BCUT2D eigenvalue weighted by Crippen LogP contribution is -2.50. The van der Waals surface area contributed by atoms with Crippen molar-refractivity contribution in [1.82, 2.24) is 0 Å². The van der Waals surface area contributed by atoms with Crippen molar-refractivity contribution in [2.24, 2.45) is 17.3 Å². The third-order valence-electron chi connectivity index (χ3n) is 8.04. The first-order chi connectivity index (χ1) is 11.5. The molecule has 0 radical (unpaired) electrons. The topological polar surface area (TPSA) is 46.5 Å². The number of carbonyl (C=O) groups is 1. The van der Waals surface area contributed by atoms with Gasteiger partial charge < -0.3 is 9.84 Å². The first-order valence-electron chi connectivity index (χ1n) is 9.56. The Morgan fingerprint density at radius 1 is 1.12 bits per heavy atom. The van der Waals surface area contributed by atoms with E-state index in [1.54, 1.807) is 0 Å². The number of hydrogen-bond acceptors (Lipinski definition) is 3. The molecule has 3 fully saturated rings. The molecule has 3 nitrogen and oxygen atoms in total. The van der Waals surface area contributed by atoms with Crippen LogP contribution in [0.3, 0.4) is 0 Å². The highest BCUT2D eigenvalue weighted by Gasteiger charge is 2.65. The maximum atomic E-state index is 11.9. The molecule has 3 heteroatoms. The number of rotatable bonds is 0. The van der Waals surface area contributed by atoms with E-state index in [0.29, 0.717) is 29.9 Å². The summed E-state index contributed by atoms with van der Waals surface area (Å²) in [6.07, 6.45) is 8.44. The molecule has 1 aromatic rings. The first kappa shape index (κ1) is 14.8. The molecule has 1 aromatic carbocycles. The van der Waals surface area contributed by atoms with Crippen molar-refractivity contribution in [2.75, 3.05) is 0 Å². The van der Waals surface area contributed by atoms with Crippen LogP contribution in [0.4, 0.5) is 0 Å². The predicted molar refractivity (Wildman–Crippen MR) is 90.8 cm³/mol. The van der Waals surface area contributed by atoms with E-state index in [2.05, 4.69) is 13.0 Å². The van der Waals surface area contributed by atoms with Crippen molar-refractivity contribution >= 4 is 5.97 Å². The maximum Gasteiger partial charge on any atom is 0.306 e. The minimum atomic E-state index is -0.172. The maximum absolute atomic E-state index is 11.9. The molecule has 5 atom stereocenters. The molecule has 1 aliphatic heterocycles. The second kappa shape index (κ2) is 4.77. The van der Waals surface area contributed by atoms with Gasteiger partial charge in [0.2, 0.25) is 0 Å². The molecule has 0 amide bonds. The van der Waals surface area contributed by atoms with E-state index in [1.807, 2.05) is 12.1 Å². The van der Waals surface area contributed by atoms with Gasteiger partial charge >= 0.3 is 5.97 Å². The number of hydrogen-bond donors (Lipinski definition) is 1. The van der Waals surface area contributed by atoms with Gasteiger partial charge in [0.15, 0.2) is 0 Å². The van der Waals surface area contributed by atoms with Gasteiger partial charge in [-0.15, -0.1) is 0 Å². The zero-order valence-corrected chi connectivity index (χ0v) is 14.4. The largest absolute Gasteiger partial charge is 0.508 e. The van der Waals surface area contributed by atoms with Gasteiger partial charge in [0.05, 0.1) is 0 Å². The van der Waals surface area contributed by atoms with Crippen molar-refractivity contribution in [3.63, 3.8) is 0 Å². The molecule has 1 saturated heterocycles.